The zero-order valence-electron chi connectivity index (χ0n) is 20.5. The van der Waals surface area contributed by atoms with E-state index in [4.69, 9.17) is 22.1 Å². The van der Waals surface area contributed by atoms with Gasteiger partial charge in [-0.25, -0.2) is 13.4 Å². The molecule has 0 atom stereocenters. The molecule has 0 spiro atoms. The van der Waals surface area contributed by atoms with Crippen molar-refractivity contribution in [2.24, 2.45) is 5.73 Å². The molecule has 208 valence electrons. The van der Waals surface area contributed by atoms with Crippen molar-refractivity contribution in [3.05, 3.63) is 76.9 Å². The van der Waals surface area contributed by atoms with Crippen LogP contribution in [0.15, 0.2) is 65.6 Å². The number of ether oxygens (including phenoxy) is 1. The first-order valence-corrected chi connectivity index (χ1v) is 13.6. The van der Waals surface area contributed by atoms with Crippen LogP contribution in [0.2, 0.25) is 5.15 Å². The minimum atomic E-state index is -4.58. The van der Waals surface area contributed by atoms with Crippen LogP contribution < -0.4 is 20.7 Å². The molecule has 1 aromatic heterocycles. The van der Waals surface area contributed by atoms with Gasteiger partial charge >= 0.3 is 6.18 Å². The zero-order chi connectivity index (χ0) is 28.2. The number of nitrogens with zero attached hydrogens (tertiary/aromatic N) is 3. The summed E-state index contributed by atoms with van der Waals surface area (Å²) in [5, 5.41) is 2.41. The van der Waals surface area contributed by atoms with Gasteiger partial charge in [0.1, 0.15) is 23.3 Å². The van der Waals surface area contributed by atoms with E-state index < -0.39 is 27.7 Å². The number of carbonyl (C=O) groups is 1. The summed E-state index contributed by atoms with van der Waals surface area (Å²) in [6.07, 6.45) is -4.58. The van der Waals surface area contributed by atoms with E-state index in [1.54, 1.807) is 29.2 Å². The summed E-state index contributed by atoms with van der Waals surface area (Å²) in [4.78, 5) is 18.2. The predicted octanol–water partition coefficient (Wildman–Crippen LogP) is 3.85. The third-order valence-electron chi connectivity index (χ3n) is 5.90. The number of alkyl halides is 3. The SMILES string of the molecule is NCCOc1cccc(C(=O)Nc2ccc(S(=O)(=O)N3CCN(c4cc(C(F)(F)F)cc(Cl)n4)CC3)cc2)c1. The molecule has 0 aliphatic carbocycles. The lowest BCUT2D eigenvalue weighted by Gasteiger charge is -2.35. The number of hydrogen-bond acceptors (Lipinski definition) is 7. The Morgan fingerprint density at radius 3 is 2.38 bits per heavy atom. The summed E-state index contributed by atoms with van der Waals surface area (Å²) in [6, 6.07) is 13.9. The maximum atomic E-state index is 13.2. The summed E-state index contributed by atoms with van der Waals surface area (Å²) in [6.45, 7) is 0.992. The topological polar surface area (TPSA) is 118 Å². The molecule has 1 aliphatic rings. The predicted molar refractivity (Wildman–Crippen MR) is 141 cm³/mol. The first-order chi connectivity index (χ1) is 18.5. The van der Waals surface area contributed by atoms with Gasteiger partial charge in [0.2, 0.25) is 10.0 Å². The summed E-state index contributed by atoms with van der Waals surface area (Å²) < 4.78 is 72.4. The minimum absolute atomic E-state index is 0.0198. The molecule has 0 unspecified atom stereocenters. The highest BCUT2D eigenvalue weighted by atomic mass is 35.5. The quantitative estimate of drug-likeness (QED) is 0.387. The number of hydrogen-bond donors (Lipinski definition) is 2. The van der Waals surface area contributed by atoms with Gasteiger partial charge in [0.05, 0.1) is 10.5 Å². The summed E-state index contributed by atoms with van der Waals surface area (Å²) in [7, 11) is -3.88. The van der Waals surface area contributed by atoms with Crippen molar-refractivity contribution in [3.8, 4) is 5.75 Å². The number of amides is 1. The Balaban J connectivity index is 1.39. The molecule has 0 saturated carbocycles. The van der Waals surface area contributed by atoms with Crippen LogP contribution in [0.5, 0.6) is 5.75 Å². The van der Waals surface area contributed by atoms with Gasteiger partial charge in [-0.05, 0) is 54.6 Å². The molecule has 4 rings (SSSR count). The lowest BCUT2D eigenvalue weighted by molar-refractivity contribution is -0.137. The van der Waals surface area contributed by atoms with E-state index >= 15 is 0 Å². The van der Waals surface area contributed by atoms with Crippen LogP contribution >= 0.6 is 11.6 Å². The summed E-state index contributed by atoms with van der Waals surface area (Å²) in [5.74, 6) is 0.133. The van der Waals surface area contributed by atoms with Crippen molar-refractivity contribution < 1.29 is 31.1 Å². The Kier molecular flexibility index (Phi) is 8.64. The van der Waals surface area contributed by atoms with Gasteiger partial charge in [-0.1, -0.05) is 17.7 Å². The van der Waals surface area contributed by atoms with Crippen LogP contribution in [0.25, 0.3) is 0 Å². The van der Waals surface area contributed by atoms with Crippen LogP contribution in [-0.2, 0) is 16.2 Å². The number of halogens is 4. The molecular formula is C25H25ClF3N5O4S. The molecule has 1 saturated heterocycles. The Hall–Kier alpha value is -3.39. The van der Waals surface area contributed by atoms with Crippen molar-refractivity contribution in [1.29, 1.82) is 0 Å². The zero-order valence-corrected chi connectivity index (χ0v) is 22.1. The third kappa shape index (κ3) is 6.98. The molecule has 14 heteroatoms. The molecule has 1 aliphatic heterocycles. The second-order valence-corrected chi connectivity index (χ2v) is 10.9. The Morgan fingerprint density at radius 1 is 1.05 bits per heavy atom. The van der Waals surface area contributed by atoms with Crippen molar-refractivity contribution in [2.45, 2.75) is 11.1 Å². The second-order valence-electron chi connectivity index (χ2n) is 8.57. The highest BCUT2D eigenvalue weighted by Crippen LogP contribution is 2.33. The highest BCUT2D eigenvalue weighted by Gasteiger charge is 2.33. The van der Waals surface area contributed by atoms with E-state index in [0.29, 0.717) is 30.2 Å². The van der Waals surface area contributed by atoms with E-state index in [9.17, 15) is 26.4 Å². The summed E-state index contributed by atoms with van der Waals surface area (Å²) in [5.41, 5.74) is 5.25. The first-order valence-electron chi connectivity index (χ1n) is 11.8. The Morgan fingerprint density at radius 2 is 1.74 bits per heavy atom. The molecule has 9 nitrogen and oxygen atoms in total. The Bertz CT molecular complexity index is 1430. The van der Waals surface area contributed by atoms with Gasteiger partial charge in [-0.3, -0.25) is 4.79 Å². The molecule has 3 N–H and O–H groups in total. The maximum absolute atomic E-state index is 13.2. The fourth-order valence-corrected chi connectivity index (χ4v) is 5.56. The number of pyridine rings is 1. The van der Waals surface area contributed by atoms with Gasteiger partial charge in [0.15, 0.2) is 0 Å². The van der Waals surface area contributed by atoms with Crippen LogP contribution in [0.1, 0.15) is 15.9 Å². The van der Waals surface area contributed by atoms with Gasteiger partial charge in [0.25, 0.3) is 5.91 Å². The number of piperazine rings is 1. The number of nitrogens with two attached hydrogens (primary N) is 1. The van der Waals surface area contributed by atoms with E-state index in [-0.39, 0.29) is 42.0 Å². The lowest BCUT2D eigenvalue weighted by atomic mass is 10.2. The summed E-state index contributed by atoms with van der Waals surface area (Å²) >= 11 is 5.78. The van der Waals surface area contributed by atoms with E-state index in [1.165, 1.54) is 28.6 Å². The number of sulfonamides is 1. The lowest BCUT2D eigenvalue weighted by Crippen LogP contribution is -2.49. The number of anilines is 2. The number of carbonyl (C=O) groups excluding carboxylic acids is 1. The van der Waals surface area contributed by atoms with Crippen LogP contribution in [0.3, 0.4) is 0 Å². The largest absolute Gasteiger partial charge is 0.492 e. The highest BCUT2D eigenvalue weighted by molar-refractivity contribution is 7.89. The molecule has 0 bridgehead atoms. The third-order valence-corrected chi connectivity index (χ3v) is 8.01. The molecule has 1 amide bonds. The van der Waals surface area contributed by atoms with Crippen LogP contribution in [0.4, 0.5) is 24.7 Å². The molecular weight excluding hydrogens is 559 g/mol. The molecule has 3 aromatic rings. The first kappa shape index (κ1) is 28.6. The average Bonchev–Trinajstić information content (AvgIpc) is 2.91. The Labute approximate surface area is 228 Å². The normalized spacial score (nSPS) is 14.7. The maximum Gasteiger partial charge on any atom is 0.416 e. The standard InChI is InChI=1S/C25H25ClF3N5O4S/c26-22-15-18(25(27,28)29)16-23(32-22)33-9-11-34(12-10-33)39(36,37)21-6-4-19(5-7-21)31-24(35)17-2-1-3-20(14-17)38-13-8-30/h1-7,14-16H,8-13,30H2,(H,31,35). The van der Waals surface area contributed by atoms with E-state index in [1.807, 2.05) is 0 Å². The van der Waals surface area contributed by atoms with Crippen molar-refractivity contribution in [2.75, 3.05) is 49.5 Å². The van der Waals surface area contributed by atoms with Gasteiger partial charge in [-0.2, -0.15) is 17.5 Å². The van der Waals surface area contributed by atoms with Crippen molar-refractivity contribution >= 4 is 39.0 Å². The number of aromatic nitrogens is 1. The van der Waals surface area contributed by atoms with Crippen molar-refractivity contribution in [3.63, 3.8) is 0 Å². The van der Waals surface area contributed by atoms with E-state index in [2.05, 4.69) is 10.3 Å². The average molecular weight is 584 g/mol. The number of benzene rings is 2. The fraction of sp³-hybridized carbons (Fsp3) is 0.280. The monoisotopic (exact) mass is 583 g/mol. The van der Waals surface area contributed by atoms with E-state index in [0.717, 1.165) is 12.1 Å². The number of rotatable bonds is 8. The van der Waals surface area contributed by atoms with Gasteiger partial charge in [-0.15, -0.1) is 0 Å². The molecule has 2 heterocycles. The molecule has 39 heavy (non-hydrogen) atoms. The molecule has 1 fully saturated rings. The van der Waals surface area contributed by atoms with Gasteiger partial charge in [0, 0.05) is 44.0 Å². The minimum Gasteiger partial charge on any atom is -0.492 e. The molecule has 0 radical (unpaired) electrons. The second kappa shape index (κ2) is 11.8. The fourth-order valence-electron chi connectivity index (χ4n) is 3.93. The van der Waals surface area contributed by atoms with Crippen molar-refractivity contribution in [1.82, 2.24) is 9.29 Å². The smallest absolute Gasteiger partial charge is 0.416 e. The van der Waals surface area contributed by atoms with Gasteiger partial charge < -0.3 is 20.7 Å². The number of nitrogens with one attached hydrogen (secondary N) is 1. The molecule has 2 aromatic carbocycles. The van der Waals surface area contributed by atoms with Crippen LogP contribution in [-0.4, -0.2) is 62.9 Å². The van der Waals surface area contributed by atoms with Crippen LogP contribution in [0, 0.1) is 0 Å².